The van der Waals surface area contributed by atoms with Gasteiger partial charge in [0.15, 0.2) is 0 Å². The third-order valence-electron chi connectivity index (χ3n) is 5.03. The highest BCUT2D eigenvalue weighted by molar-refractivity contribution is 6.39. The van der Waals surface area contributed by atoms with Gasteiger partial charge >= 0.3 is 0 Å². The average Bonchev–Trinajstić information content (AvgIpc) is 2.97. The monoisotopic (exact) mass is 322 g/mol. The first kappa shape index (κ1) is 16.4. The summed E-state index contributed by atoms with van der Waals surface area (Å²) in [6.07, 6.45) is 0.843. The summed E-state index contributed by atoms with van der Waals surface area (Å²) in [6.45, 7) is 9.54. The largest absolute Gasteiger partial charge is 0.379 e. The van der Waals surface area contributed by atoms with Gasteiger partial charge in [-0.05, 0) is 12.8 Å². The molecule has 0 N–H and O–H groups in total. The van der Waals surface area contributed by atoms with Crippen molar-refractivity contribution in [2.24, 2.45) is 11.0 Å². The smallest absolute Gasteiger partial charge is 0.270 e. The Hall–Kier alpha value is -1.47. The third kappa shape index (κ3) is 3.40. The van der Waals surface area contributed by atoms with Gasteiger partial charge in [0.1, 0.15) is 5.71 Å². The fourth-order valence-electron chi connectivity index (χ4n) is 3.69. The summed E-state index contributed by atoms with van der Waals surface area (Å²) in [5, 5.41) is 5.68. The minimum absolute atomic E-state index is 0.00133. The molecule has 0 aromatic rings. The molecule has 3 aliphatic heterocycles. The highest BCUT2D eigenvalue weighted by atomic mass is 16.5. The Kier molecular flexibility index (Phi) is 4.96. The second kappa shape index (κ2) is 6.97. The minimum atomic E-state index is -0.00133. The lowest BCUT2D eigenvalue weighted by atomic mass is 10.0. The SMILES string of the molecule is CCN1N=C(C(=O)N2C[C@@H](C)[C@@H](N3CCOCC3)C2)CCC1=O. The van der Waals surface area contributed by atoms with E-state index < -0.39 is 0 Å². The molecule has 2 saturated heterocycles. The lowest BCUT2D eigenvalue weighted by Crippen LogP contribution is -2.47. The molecular formula is C16H26N4O3. The summed E-state index contributed by atoms with van der Waals surface area (Å²) in [5.74, 6) is 0.453. The summed E-state index contributed by atoms with van der Waals surface area (Å²) >= 11 is 0. The maximum absolute atomic E-state index is 12.8. The summed E-state index contributed by atoms with van der Waals surface area (Å²) < 4.78 is 5.42. The normalized spacial score (nSPS) is 29.8. The number of amides is 2. The van der Waals surface area contributed by atoms with Crippen LogP contribution in [-0.4, -0.2) is 84.3 Å². The van der Waals surface area contributed by atoms with E-state index in [9.17, 15) is 9.59 Å². The lowest BCUT2D eigenvalue weighted by Gasteiger charge is -2.34. The van der Waals surface area contributed by atoms with Gasteiger partial charge in [-0.2, -0.15) is 5.10 Å². The van der Waals surface area contributed by atoms with Gasteiger partial charge in [0.25, 0.3) is 5.91 Å². The van der Waals surface area contributed by atoms with E-state index in [0.29, 0.717) is 37.1 Å². The molecule has 2 atom stereocenters. The predicted molar refractivity (Wildman–Crippen MR) is 86.0 cm³/mol. The molecule has 3 aliphatic rings. The van der Waals surface area contributed by atoms with E-state index in [1.807, 2.05) is 11.8 Å². The van der Waals surface area contributed by atoms with E-state index in [-0.39, 0.29) is 11.8 Å². The number of morpholine rings is 1. The Labute approximate surface area is 137 Å². The zero-order valence-corrected chi connectivity index (χ0v) is 14.0. The quantitative estimate of drug-likeness (QED) is 0.743. The molecule has 7 heteroatoms. The topological polar surface area (TPSA) is 65.5 Å². The van der Waals surface area contributed by atoms with Gasteiger partial charge in [0, 0.05) is 51.6 Å². The Balaban J connectivity index is 1.65. The van der Waals surface area contributed by atoms with Gasteiger partial charge in [-0.25, -0.2) is 5.01 Å². The van der Waals surface area contributed by atoms with Crippen LogP contribution in [0.3, 0.4) is 0 Å². The van der Waals surface area contributed by atoms with Crippen LogP contribution in [0.2, 0.25) is 0 Å². The van der Waals surface area contributed by atoms with Crippen molar-refractivity contribution in [3.8, 4) is 0 Å². The fraction of sp³-hybridized carbons (Fsp3) is 0.812. The van der Waals surface area contributed by atoms with Crippen molar-refractivity contribution in [2.45, 2.75) is 32.7 Å². The van der Waals surface area contributed by atoms with Crippen molar-refractivity contribution < 1.29 is 14.3 Å². The number of likely N-dealkylation sites (tertiary alicyclic amines) is 1. The van der Waals surface area contributed by atoms with Crippen molar-refractivity contribution in [3.63, 3.8) is 0 Å². The van der Waals surface area contributed by atoms with Gasteiger partial charge < -0.3 is 9.64 Å². The summed E-state index contributed by atoms with van der Waals surface area (Å²) in [6, 6.07) is 0.399. The second-order valence-electron chi connectivity index (χ2n) is 6.56. The fourth-order valence-corrected chi connectivity index (χ4v) is 3.69. The van der Waals surface area contributed by atoms with Crippen LogP contribution in [0.1, 0.15) is 26.7 Å². The molecule has 23 heavy (non-hydrogen) atoms. The van der Waals surface area contributed by atoms with Crippen LogP contribution < -0.4 is 0 Å². The molecule has 0 aromatic heterocycles. The molecule has 0 saturated carbocycles. The number of nitrogens with zero attached hydrogens (tertiary/aromatic N) is 4. The van der Waals surface area contributed by atoms with Crippen LogP contribution in [-0.2, 0) is 14.3 Å². The van der Waals surface area contributed by atoms with Gasteiger partial charge in [0.2, 0.25) is 5.91 Å². The van der Waals surface area contributed by atoms with Crippen LogP contribution in [0.15, 0.2) is 5.10 Å². The van der Waals surface area contributed by atoms with Crippen LogP contribution in [0, 0.1) is 5.92 Å². The Morgan fingerprint density at radius 3 is 2.70 bits per heavy atom. The second-order valence-corrected chi connectivity index (χ2v) is 6.56. The molecule has 0 bridgehead atoms. The molecular weight excluding hydrogens is 296 g/mol. The number of carbonyl (C=O) groups excluding carboxylic acids is 2. The van der Waals surface area contributed by atoms with E-state index in [2.05, 4.69) is 16.9 Å². The molecule has 0 radical (unpaired) electrons. The van der Waals surface area contributed by atoms with Crippen LogP contribution >= 0.6 is 0 Å². The summed E-state index contributed by atoms with van der Waals surface area (Å²) in [4.78, 5) is 28.8. The molecule has 2 fully saturated rings. The standard InChI is InChI=1S/C16H26N4O3/c1-3-20-15(21)5-4-13(17-20)16(22)19-10-12(2)14(11-19)18-6-8-23-9-7-18/h12,14H,3-11H2,1-2H3/t12-,14+/m1/s1. The highest BCUT2D eigenvalue weighted by Crippen LogP contribution is 2.24. The van der Waals surface area contributed by atoms with Crippen LogP contribution in [0.25, 0.3) is 0 Å². The molecule has 2 amide bonds. The van der Waals surface area contributed by atoms with Crippen molar-refractivity contribution in [2.75, 3.05) is 45.9 Å². The number of hydrogen-bond acceptors (Lipinski definition) is 5. The molecule has 0 aromatic carbocycles. The van der Waals surface area contributed by atoms with Gasteiger partial charge in [-0.3, -0.25) is 14.5 Å². The van der Waals surface area contributed by atoms with Crippen molar-refractivity contribution in [1.29, 1.82) is 0 Å². The number of carbonyl (C=O) groups is 2. The van der Waals surface area contributed by atoms with E-state index in [1.54, 1.807) is 0 Å². The van der Waals surface area contributed by atoms with Crippen molar-refractivity contribution >= 4 is 17.5 Å². The molecule has 3 heterocycles. The minimum Gasteiger partial charge on any atom is -0.379 e. The molecule has 0 spiro atoms. The maximum atomic E-state index is 12.8. The van der Waals surface area contributed by atoms with E-state index >= 15 is 0 Å². The molecule has 3 rings (SSSR count). The lowest BCUT2D eigenvalue weighted by molar-refractivity contribution is -0.131. The van der Waals surface area contributed by atoms with E-state index in [1.165, 1.54) is 5.01 Å². The summed E-state index contributed by atoms with van der Waals surface area (Å²) in [5.41, 5.74) is 0.529. The van der Waals surface area contributed by atoms with Crippen LogP contribution in [0.4, 0.5) is 0 Å². The Bertz CT molecular complexity index is 502. The summed E-state index contributed by atoms with van der Waals surface area (Å²) in [7, 11) is 0. The number of hydrazone groups is 1. The number of ether oxygens (including phenoxy) is 1. The average molecular weight is 322 g/mol. The predicted octanol–water partition coefficient (Wildman–Crippen LogP) is 0.164. The van der Waals surface area contributed by atoms with Gasteiger partial charge in [0.05, 0.1) is 13.2 Å². The van der Waals surface area contributed by atoms with Crippen molar-refractivity contribution in [1.82, 2.24) is 14.8 Å². The first-order valence-corrected chi connectivity index (χ1v) is 8.59. The molecule has 0 unspecified atom stereocenters. The maximum Gasteiger partial charge on any atom is 0.270 e. The molecule has 0 aliphatic carbocycles. The first-order chi connectivity index (χ1) is 11.1. The third-order valence-corrected chi connectivity index (χ3v) is 5.03. The Morgan fingerprint density at radius 1 is 1.26 bits per heavy atom. The zero-order chi connectivity index (χ0) is 16.4. The van der Waals surface area contributed by atoms with Crippen molar-refractivity contribution in [3.05, 3.63) is 0 Å². The highest BCUT2D eigenvalue weighted by Gasteiger charge is 2.38. The molecule has 128 valence electrons. The van der Waals surface area contributed by atoms with E-state index in [4.69, 9.17) is 4.74 Å². The Morgan fingerprint density at radius 2 is 2.00 bits per heavy atom. The van der Waals surface area contributed by atoms with Gasteiger partial charge in [-0.1, -0.05) is 6.92 Å². The first-order valence-electron chi connectivity index (χ1n) is 8.59. The zero-order valence-electron chi connectivity index (χ0n) is 14.0. The van der Waals surface area contributed by atoms with Gasteiger partial charge in [-0.15, -0.1) is 0 Å². The number of hydrogen-bond donors (Lipinski definition) is 0. The van der Waals surface area contributed by atoms with E-state index in [0.717, 1.165) is 39.4 Å². The number of rotatable bonds is 3. The molecule has 7 nitrogen and oxygen atoms in total. The van der Waals surface area contributed by atoms with Crippen LogP contribution in [0.5, 0.6) is 0 Å².